The molecule has 0 spiro atoms. The number of primary amides is 2. The van der Waals surface area contributed by atoms with Crippen molar-refractivity contribution >= 4 is 128 Å². The topological polar surface area (TPSA) is 702 Å². The molecule has 2 aliphatic heterocycles. The van der Waals surface area contributed by atoms with Gasteiger partial charge in [-0.15, -0.1) is 0 Å². The van der Waals surface area contributed by atoms with Crippen LogP contribution < -0.4 is 86.7 Å². The van der Waals surface area contributed by atoms with E-state index in [1.807, 2.05) is 6.92 Å². The van der Waals surface area contributed by atoms with Gasteiger partial charge in [-0.2, -0.15) is 0 Å². The van der Waals surface area contributed by atoms with E-state index in [1.165, 1.54) is 52.7 Å². The van der Waals surface area contributed by atoms with Crippen LogP contribution in [0.2, 0.25) is 0 Å². The highest BCUT2D eigenvalue weighted by atomic mass is 16.6. The number of aliphatic carboxylic acids is 1. The second-order valence-electron chi connectivity index (χ2n) is 32.0. The molecular weight excluding hydrogens is 1640 g/mol. The predicted molar refractivity (Wildman–Crippen MR) is 453 cm³/mol. The number of fused-ring (bicyclic) bond motifs is 2. The third-order valence-electron chi connectivity index (χ3n) is 21.2. The Balaban J connectivity index is 0.940. The Labute approximate surface area is 723 Å². The molecule has 2 saturated heterocycles. The standard InChI is InChI=1S/C81H113N25O20/c1-6-7-14-52(70(112)101-60(80(122)123)34-44-19-21-47(107)22-20-44)95-77(119)63-18-12-31-105(63)79(121)55(25-28-65(84)109)93-66(110)40-91-76(118)62-17-11-30-104(62)78(120)54(16-10-29-88-81(85)86)96-73(115)57(33-43(4)5)98-71(113)53(24-27-64(83)108)94-72(114)56(32-42(2)3)99-74(116)58(35-45-37-89-50-15-9-8-13-48(45)50)100-75(117)59(36-46-38-87-41-92-46)97-69(111)49(82)39-90-51-23-26-61(106(124)125)68-67(51)102-126-103-68/h8-9,13,15,19-23,26,37-38,41-43,49,52-60,62-63,89-90,107H,6-7,10-12,14,16-18,24-25,27-36,39-40,82H2,1-5H3,(H2,83,108)(H2,84,109)(H,87,92)(H,91,118)(H,93,110)(H,94,114)(H,95,119)(H,96,115)(H,97,111)(H,98,113)(H,99,116)(H,100,117)(H,101,112)(H,122,123)(H4,85,86,88)/t49-,52-,53-,54-,55-,56-,57-,58-,59-,60-,62-,63-/m0/s1. The Hall–Kier alpha value is -13.9. The number of imidazole rings is 1. The largest absolute Gasteiger partial charge is 0.508 e. The first kappa shape index (κ1) is 97.5. The van der Waals surface area contributed by atoms with Gasteiger partial charge in [0.25, 0.3) is 0 Å². The first-order chi connectivity index (χ1) is 60.0. The number of nitrogens with zero attached hydrogens (tertiary/aromatic N) is 6. The van der Waals surface area contributed by atoms with Gasteiger partial charge in [-0.1, -0.05) is 77.8 Å². The highest BCUT2D eigenvalue weighted by Crippen LogP contribution is 2.30. The number of carbonyl (C=O) groups excluding carboxylic acids is 14. The van der Waals surface area contributed by atoms with Crippen LogP contribution in [0, 0.1) is 27.4 Å². The molecule has 25 N–H and O–H groups in total. The first-order valence-corrected chi connectivity index (χ1v) is 41.7. The van der Waals surface area contributed by atoms with Crippen molar-refractivity contribution in [2.45, 2.75) is 223 Å². The maximum Gasteiger partial charge on any atom is 0.326 e. The fourth-order valence-corrected chi connectivity index (χ4v) is 14.8. The molecule has 14 amide bonds. The van der Waals surface area contributed by atoms with Gasteiger partial charge in [0.1, 0.15) is 78.3 Å². The van der Waals surface area contributed by atoms with Crippen LogP contribution in [0.25, 0.3) is 21.9 Å². The van der Waals surface area contributed by atoms with E-state index < -0.39 is 204 Å². The van der Waals surface area contributed by atoms with Crippen LogP contribution >= 0.6 is 0 Å². The van der Waals surface area contributed by atoms with Gasteiger partial charge in [-0.05, 0) is 128 Å². The van der Waals surface area contributed by atoms with E-state index in [9.17, 15) is 87.5 Å². The summed E-state index contributed by atoms with van der Waals surface area (Å²) in [6, 6.07) is -1.74. The molecule has 0 unspecified atom stereocenters. The molecule has 0 bridgehead atoms. The number of likely N-dealkylation sites (tertiary alicyclic amines) is 2. The number of aromatic hydroxyl groups is 1. The minimum absolute atomic E-state index is 0.00594. The van der Waals surface area contributed by atoms with E-state index in [0.29, 0.717) is 47.0 Å². The Morgan fingerprint density at radius 2 is 1.12 bits per heavy atom. The molecule has 3 aromatic carbocycles. The van der Waals surface area contributed by atoms with E-state index in [4.69, 9.17) is 33.0 Å². The molecule has 0 saturated carbocycles. The monoisotopic (exact) mass is 1760 g/mol. The summed E-state index contributed by atoms with van der Waals surface area (Å²) in [4.78, 5) is 234. The molecule has 2 fully saturated rings. The fourth-order valence-electron chi connectivity index (χ4n) is 14.8. The van der Waals surface area contributed by atoms with Gasteiger partial charge in [0, 0.05) is 87.6 Å². The zero-order chi connectivity index (χ0) is 92.0. The van der Waals surface area contributed by atoms with Crippen LogP contribution in [-0.2, 0) is 91.2 Å². The summed E-state index contributed by atoms with van der Waals surface area (Å²) in [6.07, 6.45) is 3.77. The number of H-pyrrole nitrogens is 2. The van der Waals surface area contributed by atoms with Gasteiger partial charge in [0.15, 0.2) is 11.5 Å². The van der Waals surface area contributed by atoms with Gasteiger partial charge in [-0.3, -0.25) is 82.6 Å². The number of amides is 14. The van der Waals surface area contributed by atoms with Crippen LogP contribution in [0.5, 0.6) is 5.75 Å². The number of carboxylic acid groups (broad SMARTS) is 1. The lowest BCUT2D eigenvalue weighted by molar-refractivity contribution is -0.383. The number of aromatic nitrogens is 5. The molecule has 5 heterocycles. The van der Waals surface area contributed by atoms with E-state index >= 15 is 4.79 Å². The number of carbonyl (C=O) groups is 15. The van der Waals surface area contributed by atoms with Crippen LogP contribution in [0.4, 0.5) is 11.4 Å². The number of nitrogens with one attached hydrogen (secondary N) is 15. The van der Waals surface area contributed by atoms with E-state index in [1.54, 1.807) is 58.2 Å². The van der Waals surface area contributed by atoms with Crippen molar-refractivity contribution in [2.75, 3.05) is 38.0 Å². The highest BCUT2D eigenvalue weighted by molar-refractivity contribution is 6.01. The molecule has 126 heavy (non-hydrogen) atoms. The average Bonchev–Trinajstić information content (AvgIpc) is 1.64. The third kappa shape index (κ3) is 28.9. The molecule has 6 aromatic rings. The number of phenols is 1. The molecule has 0 aliphatic carbocycles. The Bertz CT molecular complexity index is 4870. The number of guanidine groups is 1. The smallest absolute Gasteiger partial charge is 0.326 e. The number of hydrogen-bond donors (Lipinski definition) is 21. The van der Waals surface area contributed by atoms with E-state index in [2.05, 4.69) is 89.1 Å². The molecule has 45 heteroatoms. The number of para-hydroxylation sites is 1. The van der Waals surface area contributed by atoms with Gasteiger partial charge in [-0.25, -0.2) is 14.4 Å². The average molecular weight is 1760 g/mol. The van der Waals surface area contributed by atoms with Crippen LogP contribution in [0.15, 0.2) is 84.0 Å². The van der Waals surface area contributed by atoms with Crippen molar-refractivity contribution < 1.29 is 91.7 Å². The minimum atomic E-state index is -1.65. The summed E-state index contributed by atoms with van der Waals surface area (Å²) in [5.41, 5.74) is 24.7. The molecular formula is C81H113N25O20. The van der Waals surface area contributed by atoms with Gasteiger partial charge in [0.2, 0.25) is 88.2 Å². The summed E-state index contributed by atoms with van der Waals surface area (Å²) >= 11 is 0. The number of nitro benzene ring substituents is 1. The zero-order valence-corrected chi connectivity index (χ0v) is 70.6. The summed E-state index contributed by atoms with van der Waals surface area (Å²) in [5, 5.41) is 79.1. The lowest BCUT2D eigenvalue weighted by atomic mass is 9.99. The quantitative estimate of drug-likeness (QED) is 0.00654. The molecule has 3 aromatic heterocycles. The number of rotatable bonds is 50. The maximum absolute atomic E-state index is 15.1. The van der Waals surface area contributed by atoms with Crippen LogP contribution in [0.3, 0.4) is 0 Å². The predicted octanol–water partition coefficient (Wildman–Crippen LogP) is -1.87. The number of anilines is 1. The lowest BCUT2D eigenvalue weighted by Gasteiger charge is -2.31. The number of benzene rings is 3. The normalized spacial score (nSPS) is 16.1. The van der Waals surface area contributed by atoms with Gasteiger partial charge < -0.3 is 117 Å². The van der Waals surface area contributed by atoms with Crippen LogP contribution in [0.1, 0.15) is 148 Å². The molecule has 2 aliphatic rings. The van der Waals surface area contributed by atoms with Crippen molar-refractivity contribution in [3.8, 4) is 5.75 Å². The van der Waals surface area contributed by atoms with Crippen molar-refractivity contribution in [2.24, 2.45) is 34.8 Å². The molecule has 45 nitrogen and oxygen atoms in total. The maximum atomic E-state index is 15.1. The first-order valence-electron chi connectivity index (χ1n) is 41.7. The number of phenolic OH excluding ortho intramolecular Hbond substituents is 1. The summed E-state index contributed by atoms with van der Waals surface area (Å²) in [7, 11) is 0. The van der Waals surface area contributed by atoms with Crippen molar-refractivity contribution in [1.82, 2.24) is 93.5 Å². The molecule has 0 radical (unpaired) electrons. The van der Waals surface area contributed by atoms with Gasteiger partial charge in [0.05, 0.1) is 29.2 Å². The van der Waals surface area contributed by atoms with E-state index in [-0.39, 0.29) is 138 Å². The summed E-state index contributed by atoms with van der Waals surface area (Å²) < 4.78 is 4.74. The molecule has 8 rings (SSSR count). The Morgan fingerprint density at radius 3 is 1.70 bits per heavy atom. The number of nitrogens with two attached hydrogens (primary N) is 4. The van der Waals surface area contributed by atoms with Crippen molar-refractivity contribution in [3.05, 3.63) is 106 Å². The summed E-state index contributed by atoms with van der Waals surface area (Å²) in [6.45, 7) is 7.71. The number of hydrogen-bond acceptors (Lipinski definition) is 25. The van der Waals surface area contributed by atoms with E-state index in [0.717, 1.165) is 6.07 Å². The van der Waals surface area contributed by atoms with Crippen molar-refractivity contribution in [3.63, 3.8) is 0 Å². The Morgan fingerprint density at radius 1 is 0.595 bits per heavy atom. The summed E-state index contributed by atoms with van der Waals surface area (Å²) in [5.74, 6) is -14.7. The molecule has 682 valence electrons. The zero-order valence-electron chi connectivity index (χ0n) is 70.6. The number of unbranched alkanes of at least 4 members (excludes halogenated alkanes) is 1. The van der Waals surface area contributed by atoms with Crippen LogP contribution in [-0.4, -0.2) is 250 Å². The highest BCUT2D eigenvalue weighted by Gasteiger charge is 2.43. The number of carboxylic acids is 1. The number of nitro groups is 1. The lowest BCUT2D eigenvalue weighted by Crippen LogP contribution is -2.61. The second kappa shape index (κ2) is 47.1. The second-order valence-corrected chi connectivity index (χ2v) is 32.0. The number of aromatic amines is 2. The Kier molecular flexibility index (Phi) is 36.5. The fraction of sp³-hybridized carbons (Fsp3) is 0.519. The third-order valence-corrected chi connectivity index (χ3v) is 21.2. The van der Waals surface area contributed by atoms with Crippen molar-refractivity contribution in [1.29, 1.82) is 5.41 Å². The van der Waals surface area contributed by atoms with Gasteiger partial charge >= 0.3 is 11.7 Å². The number of non-ortho nitro benzene ring substituents is 1. The SMILES string of the molecule is CCCC[C@H](NC(=O)[C@@H]1CCCN1C(=O)[C@H](CCC(N)=O)NC(=O)CNC(=O)[C@@H]1CCCN1C(=O)[C@H](CCCNC(=N)N)NC(=O)[C@H](CC(C)C)NC(=O)[C@H](CCC(N)=O)NC(=O)[C@H](CC(C)C)NC(=O)[C@H](Cc1c[nH]c2ccccc12)NC(=O)[C@H](Cc1c[nH]cn1)NC(=O)[C@@H](N)CNc1ccc([N+](=O)[O-])c2nonc12)C(=O)N[C@@H](Cc1ccc(O)cc1)C(=O)O. The minimum Gasteiger partial charge on any atom is -0.508 e. The molecule has 12 atom stereocenters.